The summed E-state index contributed by atoms with van der Waals surface area (Å²) in [5.41, 5.74) is 1.99. The van der Waals surface area contributed by atoms with Crippen LogP contribution in [0.5, 0.6) is 0 Å². The number of carbonyl (C=O) groups is 1. The highest BCUT2D eigenvalue weighted by atomic mass is 16.2. The molecule has 0 bridgehead atoms. The van der Waals surface area contributed by atoms with Gasteiger partial charge in [0.05, 0.1) is 5.69 Å². The first-order chi connectivity index (χ1) is 16.1. The van der Waals surface area contributed by atoms with Crippen LogP contribution in [0.2, 0.25) is 0 Å². The molecule has 2 aliphatic heterocycles. The molecule has 5 heterocycles. The number of rotatable bonds is 4. The number of hydrogen-bond acceptors (Lipinski definition) is 8. The maximum Gasteiger partial charge on any atom is 0.225 e. The molecule has 0 unspecified atom stereocenters. The number of anilines is 2. The van der Waals surface area contributed by atoms with Crippen molar-refractivity contribution in [1.82, 2.24) is 34.8 Å². The molecule has 0 N–H and O–H groups in total. The van der Waals surface area contributed by atoms with E-state index >= 15 is 0 Å². The van der Waals surface area contributed by atoms with E-state index in [4.69, 9.17) is 0 Å². The van der Waals surface area contributed by atoms with Crippen LogP contribution in [0.4, 0.5) is 11.8 Å². The Morgan fingerprint density at radius 1 is 0.879 bits per heavy atom. The fraction of sp³-hybridized carbons (Fsp3) is 0.478. The third-order valence-electron chi connectivity index (χ3n) is 6.46. The highest BCUT2D eigenvalue weighted by Gasteiger charge is 2.31. The van der Waals surface area contributed by atoms with E-state index in [1.807, 2.05) is 43.0 Å². The van der Waals surface area contributed by atoms with E-state index in [0.29, 0.717) is 0 Å². The monoisotopic (exact) mass is 447 g/mol. The van der Waals surface area contributed by atoms with Gasteiger partial charge in [-0.3, -0.25) is 4.79 Å². The Morgan fingerprint density at radius 3 is 2.15 bits per heavy atom. The van der Waals surface area contributed by atoms with Crippen molar-refractivity contribution in [3.05, 3.63) is 48.0 Å². The highest BCUT2D eigenvalue weighted by molar-refractivity contribution is 5.79. The second-order valence-corrected chi connectivity index (χ2v) is 8.71. The number of nitrogens with zero attached hydrogens (tertiary/aromatic N) is 9. The first-order valence-electron chi connectivity index (χ1n) is 11.5. The van der Waals surface area contributed by atoms with Crippen LogP contribution in [0.3, 0.4) is 0 Å². The molecular formula is C23H29N9O. The molecule has 5 rings (SSSR count). The standard InChI is InChI=1S/C23H29N9O/c1-17-16-18(2)32(28-17)21-5-4-20(26-27-21)29-10-6-19(7-11-29)22(33)30-12-14-31(15-13-30)23-24-8-3-9-25-23/h3-5,8-9,16,19H,6-7,10-15H2,1-2H3. The number of aromatic nitrogens is 6. The summed E-state index contributed by atoms with van der Waals surface area (Å²) in [7, 11) is 0. The van der Waals surface area contributed by atoms with Gasteiger partial charge in [-0.1, -0.05) is 0 Å². The van der Waals surface area contributed by atoms with Crippen LogP contribution >= 0.6 is 0 Å². The first kappa shape index (κ1) is 21.3. The minimum absolute atomic E-state index is 0.0720. The third-order valence-corrected chi connectivity index (χ3v) is 6.46. The van der Waals surface area contributed by atoms with Crippen LogP contribution in [-0.4, -0.2) is 80.0 Å². The van der Waals surface area contributed by atoms with Gasteiger partial charge >= 0.3 is 0 Å². The second-order valence-electron chi connectivity index (χ2n) is 8.71. The number of amides is 1. The highest BCUT2D eigenvalue weighted by Crippen LogP contribution is 2.24. The van der Waals surface area contributed by atoms with E-state index in [-0.39, 0.29) is 11.8 Å². The molecule has 0 aliphatic carbocycles. The van der Waals surface area contributed by atoms with Crippen molar-refractivity contribution in [2.45, 2.75) is 26.7 Å². The lowest BCUT2D eigenvalue weighted by atomic mass is 9.95. The van der Waals surface area contributed by atoms with Gasteiger partial charge in [-0.25, -0.2) is 14.6 Å². The topological polar surface area (TPSA) is 96.2 Å². The molecule has 1 amide bonds. The zero-order chi connectivity index (χ0) is 22.8. The predicted octanol–water partition coefficient (Wildman–Crippen LogP) is 1.63. The summed E-state index contributed by atoms with van der Waals surface area (Å²) in [5, 5.41) is 13.3. The predicted molar refractivity (Wildman–Crippen MR) is 124 cm³/mol. The van der Waals surface area contributed by atoms with Gasteiger partial charge in [0.1, 0.15) is 0 Å². The van der Waals surface area contributed by atoms with Crippen LogP contribution in [0.15, 0.2) is 36.7 Å². The molecule has 33 heavy (non-hydrogen) atoms. The van der Waals surface area contributed by atoms with E-state index in [1.165, 1.54) is 0 Å². The van der Waals surface area contributed by atoms with Crippen LogP contribution in [0.25, 0.3) is 5.82 Å². The van der Waals surface area contributed by atoms with Crippen molar-refractivity contribution in [2.75, 3.05) is 49.1 Å². The van der Waals surface area contributed by atoms with E-state index in [9.17, 15) is 4.79 Å². The SMILES string of the molecule is Cc1cc(C)n(-c2ccc(N3CCC(C(=O)N4CCN(c5ncccn5)CC4)CC3)nn2)n1. The molecule has 0 saturated carbocycles. The lowest BCUT2D eigenvalue weighted by Crippen LogP contribution is -2.52. The van der Waals surface area contributed by atoms with Crippen molar-refractivity contribution in [2.24, 2.45) is 5.92 Å². The smallest absolute Gasteiger partial charge is 0.225 e. The van der Waals surface area contributed by atoms with Gasteiger partial charge < -0.3 is 14.7 Å². The molecule has 0 aromatic carbocycles. The fourth-order valence-corrected chi connectivity index (χ4v) is 4.66. The number of aryl methyl sites for hydroxylation is 2. The molecule has 3 aromatic rings. The number of hydrogen-bond donors (Lipinski definition) is 0. The Morgan fingerprint density at radius 2 is 1.55 bits per heavy atom. The van der Waals surface area contributed by atoms with E-state index < -0.39 is 0 Å². The molecule has 3 aromatic heterocycles. The molecule has 2 fully saturated rings. The summed E-state index contributed by atoms with van der Waals surface area (Å²) in [6, 6.07) is 7.78. The lowest BCUT2D eigenvalue weighted by molar-refractivity contribution is -0.136. The van der Waals surface area contributed by atoms with Gasteiger partial charge in [-0.2, -0.15) is 5.10 Å². The second kappa shape index (κ2) is 9.13. The Balaban J connectivity index is 1.13. The molecular weight excluding hydrogens is 418 g/mol. The maximum atomic E-state index is 13.1. The Kier molecular flexibility index (Phi) is 5.89. The van der Waals surface area contributed by atoms with Gasteiger partial charge in [0.15, 0.2) is 11.6 Å². The summed E-state index contributed by atoms with van der Waals surface area (Å²) >= 11 is 0. The van der Waals surface area contributed by atoms with Gasteiger partial charge in [-0.15, -0.1) is 10.2 Å². The number of carbonyl (C=O) groups excluding carboxylic acids is 1. The average molecular weight is 448 g/mol. The average Bonchev–Trinajstić information content (AvgIpc) is 3.22. The zero-order valence-electron chi connectivity index (χ0n) is 19.1. The van der Waals surface area contributed by atoms with Gasteiger partial charge in [0.25, 0.3) is 0 Å². The summed E-state index contributed by atoms with van der Waals surface area (Å²) < 4.78 is 1.81. The molecule has 2 aliphatic rings. The van der Waals surface area contributed by atoms with Gasteiger partial charge in [0, 0.05) is 63.3 Å². The minimum Gasteiger partial charge on any atom is -0.355 e. The summed E-state index contributed by atoms with van der Waals surface area (Å²) in [5.74, 6) is 2.65. The van der Waals surface area contributed by atoms with Crippen LogP contribution in [0.1, 0.15) is 24.2 Å². The molecule has 2 saturated heterocycles. The molecule has 0 atom stereocenters. The van der Waals surface area contributed by atoms with Gasteiger partial charge in [0.2, 0.25) is 11.9 Å². The van der Waals surface area contributed by atoms with Crippen molar-refractivity contribution >= 4 is 17.7 Å². The minimum atomic E-state index is 0.0720. The maximum absolute atomic E-state index is 13.1. The Labute approximate surface area is 193 Å². The van der Waals surface area contributed by atoms with Crippen molar-refractivity contribution in [3.8, 4) is 5.82 Å². The first-order valence-corrected chi connectivity index (χ1v) is 11.5. The number of piperidine rings is 1. The van der Waals surface area contributed by atoms with Crippen molar-refractivity contribution < 1.29 is 4.79 Å². The molecule has 10 nitrogen and oxygen atoms in total. The third kappa shape index (κ3) is 4.50. The summed E-state index contributed by atoms with van der Waals surface area (Å²) in [6.07, 6.45) is 5.18. The quantitative estimate of drug-likeness (QED) is 0.596. The van der Waals surface area contributed by atoms with Crippen LogP contribution < -0.4 is 9.80 Å². The molecule has 0 radical (unpaired) electrons. The van der Waals surface area contributed by atoms with E-state index in [2.05, 4.69) is 35.1 Å². The van der Waals surface area contributed by atoms with Crippen molar-refractivity contribution in [1.29, 1.82) is 0 Å². The Hall–Kier alpha value is -3.56. The van der Waals surface area contributed by atoms with Crippen molar-refractivity contribution in [3.63, 3.8) is 0 Å². The normalized spacial score (nSPS) is 17.5. The van der Waals surface area contributed by atoms with E-state index in [1.54, 1.807) is 17.1 Å². The van der Waals surface area contributed by atoms with Gasteiger partial charge in [-0.05, 0) is 51.0 Å². The summed E-state index contributed by atoms with van der Waals surface area (Å²) in [4.78, 5) is 28.1. The van der Waals surface area contributed by atoms with Crippen LogP contribution in [-0.2, 0) is 4.79 Å². The zero-order valence-corrected chi connectivity index (χ0v) is 19.1. The molecule has 10 heteroatoms. The summed E-state index contributed by atoms with van der Waals surface area (Å²) in [6.45, 7) is 8.57. The van der Waals surface area contributed by atoms with Crippen LogP contribution in [0, 0.1) is 19.8 Å². The lowest BCUT2D eigenvalue weighted by Gasteiger charge is -2.38. The number of piperazine rings is 1. The Bertz CT molecular complexity index is 1080. The fourth-order valence-electron chi connectivity index (χ4n) is 4.66. The molecule has 0 spiro atoms. The largest absolute Gasteiger partial charge is 0.355 e. The van der Waals surface area contributed by atoms with E-state index in [0.717, 1.165) is 81.1 Å². The molecule has 172 valence electrons.